The van der Waals surface area contributed by atoms with Gasteiger partial charge >= 0.3 is 5.97 Å². The second-order valence-corrected chi connectivity index (χ2v) is 15.4. The number of carbonyl (C=O) groups is 3. The Balaban J connectivity index is 2.11. The predicted octanol–water partition coefficient (Wildman–Crippen LogP) is 3.73. The fourth-order valence-electron chi connectivity index (χ4n) is 2.81. The number of nitrogens with zero attached hydrogens (tertiary/aromatic N) is 2. The molecule has 1 atom stereocenters. The second-order valence-electron chi connectivity index (χ2n) is 9.71. The zero-order valence-electron chi connectivity index (χ0n) is 21.4. The third-order valence-electron chi connectivity index (χ3n) is 6.19. The summed E-state index contributed by atoms with van der Waals surface area (Å²) in [6.07, 6.45) is 0. The molecule has 0 bridgehead atoms. The van der Waals surface area contributed by atoms with Gasteiger partial charge in [0.2, 0.25) is 0 Å². The van der Waals surface area contributed by atoms with Crippen molar-refractivity contribution in [1.82, 2.24) is 15.2 Å². The normalized spacial score (nSPS) is 12.8. The van der Waals surface area contributed by atoms with Gasteiger partial charge in [-0.3, -0.25) is 9.59 Å². The van der Waals surface area contributed by atoms with Gasteiger partial charge in [0.05, 0.1) is 13.2 Å². The van der Waals surface area contributed by atoms with Crippen molar-refractivity contribution >= 4 is 37.4 Å². The van der Waals surface area contributed by atoms with E-state index in [0.717, 1.165) is 5.56 Å². The highest BCUT2D eigenvalue weighted by Gasteiger charge is 2.39. The van der Waals surface area contributed by atoms with Gasteiger partial charge in [-0.1, -0.05) is 32.9 Å². The topological polar surface area (TPSA) is 118 Å². The summed E-state index contributed by atoms with van der Waals surface area (Å²) in [6.45, 7) is 11.0. The number of amides is 2. The molecule has 0 saturated carbocycles. The minimum absolute atomic E-state index is 0.0808. The van der Waals surface area contributed by atoms with Crippen LogP contribution in [0.1, 0.15) is 41.6 Å². The molecule has 35 heavy (non-hydrogen) atoms. The number of hydrogen-bond acceptors (Lipinski definition) is 7. The number of carboxylic acid groups (broad SMARTS) is 1. The number of nitrogens with one attached hydrogen (secondary N) is 1. The van der Waals surface area contributed by atoms with Crippen molar-refractivity contribution in [3.63, 3.8) is 0 Å². The summed E-state index contributed by atoms with van der Waals surface area (Å²) in [5, 5.41) is 14.6. The van der Waals surface area contributed by atoms with Gasteiger partial charge < -0.3 is 24.5 Å². The smallest absolute Gasteiger partial charge is 0.328 e. The molecular weight excluding hydrogens is 486 g/mol. The Morgan fingerprint density at radius 2 is 1.83 bits per heavy atom. The first-order chi connectivity index (χ1) is 16.3. The quantitative estimate of drug-likeness (QED) is 0.342. The summed E-state index contributed by atoms with van der Waals surface area (Å²) < 4.78 is 11.0. The number of likely N-dealkylation sites (N-methyl/N-ethyl adjacent to an activating group) is 1. The van der Waals surface area contributed by atoms with E-state index >= 15 is 0 Å². The van der Waals surface area contributed by atoms with Crippen LogP contribution in [0.15, 0.2) is 29.6 Å². The van der Waals surface area contributed by atoms with E-state index in [1.54, 1.807) is 36.8 Å². The van der Waals surface area contributed by atoms with E-state index < -0.39 is 26.2 Å². The summed E-state index contributed by atoms with van der Waals surface area (Å²) in [4.78, 5) is 42.7. The Morgan fingerprint density at radius 1 is 1.20 bits per heavy atom. The lowest BCUT2D eigenvalue weighted by atomic mass is 10.1. The molecule has 2 N–H and O–H groups in total. The fraction of sp³-hybridized carbons (Fsp3) is 0.500. The van der Waals surface area contributed by atoms with E-state index in [1.165, 1.54) is 23.3 Å². The van der Waals surface area contributed by atoms with Crippen LogP contribution in [0, 0.1) is 0 Å². The molecular formula is C24H35N3O6SSi. The number of carbonyl (C=O) groups excluding carboxylic acids is 2. The minimum Gasteiger partial charge on any atom is -0.480 e. The van der Waals surface area contributed by atoms with E-state index in [2.05, 4.69) is 31.1 Å². The molecule has 2 aromatic rings. The second kappa shape index (κ2) is 11.9. The van der Waals surface area contributed by atoms with Crippen molar-refractivity contribution in [2.75, 3.05) is 33.9 Å². The molecule has 0 aliphatic heterocycles. The molecule has 2 amide bonds. The van der Waals surface area contributed by atoms with Crippen molar-refractivity contribution in [2.24, 2.45) is 0 Å². The lowest BCUT2D eigenvalue weighted by Crippen LogP contribution is -2.50. The van der Waals surface area contributed by atoms with Crippen LogP contribution >= 0.6 is 11.3 Å². The molecule has 2 rings (SSSR count). The SMILES string of the molecule is COCCNC(=O)c1ccc(-c2nc(C(=O)N(C)C(CO[Si](C)(C)C(C)(C)C)C(=O)O)cs2)cc1. The number of thiazole rings is 1. The summed E-state index contributed by atoms with van der Waals surface area (Å²) in [5.74, 6) is -1.83. The third kappa shape index (κ3) is 7.44. The Bertz CT molecular complexity index is 1030. The van der Waals surface area contributed by atoms with Gasteiger partial charge in [0.1, 0.15) is 10.7 Å². The van der Waals surface area contributed by atoms with Crippen molar-refractivity contribution in [1.29, 1.82) is 0 Å². The molecule has 192 valence electrons. The summed E-state index contributed by atoms with van der Waals surface area (Å²) >= 11 is 1.27. The van der Waals surface area contributed by atoms with Crippen molar-refractivity contribution in [3.8, 4) is 10.6 Å². The molecule has 0 aliphatic carbocycles. The van der Waals surface area contributed by atoms with Crippen LogP contribution in [-0.4, -0.2) is 81.0 Å². The Morgan fingerprint density at radius 3 is 2.37 bits per heavy atom. The van der Waals surface area contributed by atoms with Gasteiger partial charge in [0.15, 0.2) is 14.4 Å². The first-order valence-electron chi connectivity index (χ1n) is 11.3. The van der Waals surface area contributed by atoms with Gasteiger partial charge in [-0.25, -0.2) is 9.78 Å². The maximum absolute atomic E-state index is 13.0. The van der Waals surface area contributed by atoms with Crippen LogP contribution in [-0.2, 0) is 14.0 Å². The third-order valence-corrected chi connectivity index (χ3v) is 11.6. The first kappa shape index (κ1) is 28.6. The average Bonchev–Trinajstić information content (AvgIpc) is 3.28. The molecule has 0 saturated heterocycles. The Hall–Kier alpha value is -2.60. The zero-order chi connectivity index (χ0) is 26.4. The largest absolute Gasteiger partial charge is 0.480 e. The number of ether oxygens (including phenoxy) is 1. The molecule has 0 aliphatic rings. The molecule has 11 heteroatoms. The summed E-state index contributed by atoms with van der Waals surface area (Å²) in [6, 6.07) is 5.76. The maximum atomic E-state index is 13.0. The molecule has 0 fully saturated rings. The molecule has 0 spiro atoms. The lowest BCUT2D eigenvalue weighted by Gasteiger charge is -2.37. The molecule has 1 aromatic carbocycles. The van der Waals surface area contributed by atoms with Gasteiger partial charge in [0.25, 0.3) is 11.8 Å². The number of methoxy groups -OCH3 is 1. The summed E-state index contributed by atoms with van der Waals surface area (Å²) in [7, 11) is 0.831. The number of carboxylic acids is 1. The molecule has 9 nitrogen and oxygen atoms in total. The van der Waals surface area contributed by atoms with E-state index in [0.29, 0.717) is 23.7 Å². The highest BCUT2D eigenvalue weighted by Crippen LogP contribution is 2.36. The Kier molecular flexibility index (Phi) is 9.73. The first-order valence-corrected chi connectivity index (χ1v) is 15.0. The van der Waals surface area contributed by atoms with Crippen LogP contribution in [0.3, 0.4) is 0 Å². The van der Waals surface area contributed by atoms with E-state index in [1.807, 2.05) is 13.1 Å². The predicted molar refractivity (Wildman–Crippen MR) is 138 cm³/mol. The monoisotopic (exact) mass is 521 g/mol. The van der Waals surface area contributed by atoms with Crippen LogP contribution in [0.2, 0.25) is 18.1 Å². The number of hydrogen-bond donors (Lipinski definition) is 2. The van der Waals surface area contributed by atoms with E-state index in [9.17, 15) is 19.5 Å². The van der Waals surface area contributed by atoms with Gasteiger partial charge in [0, 0.05) is 37.2 Å². The van der Waals surface area contributed by atoms with Crippen molar-refractivity contribution in [3.05, 3.63) is 40.9 Å². The minimum atomic E-state index is -2.19. The molecule has 1 heterocycles. The van der Waals surface area contributed by atoms with Crippen LogP contribution in [0.4, 0.5) is 0 Å². The number of aliphatic carboxylic acids is 1. The van der Waals surface area contributed by atoms with Crippen LogP contribution < -0.4 is 5.32 Å². The van der Waals surface area contributed by atoms with E-state index in [4.69, 9.17) is 9.16 Å². The molecule has 0 radical (unpaired) electrons. The van der Waals surface area contributed by atoms with Crippen LogP contribution in [0.25, 0.3) is 10.6 Å². The highest BCUT2D eigenvalue weighted by molar-refractivity contribution is 7.13. The van der Waals surface area contributed by atoms with Crippen molar-refractivity contribution < 1.29 is 28.7 Å². The van der Waals surface area contributed by atoms with Gasteiger partial charge in [-0.2, -0.15) is 0 Å². The maximum Gasteiger partial charge on any atom is 0.328 e. The number of aromatic nitrogens is 1. The number of rotatable bonds is 11. The standard InChI is InChI=1S/C24H35N3O6SSi/c1-24(2,3)35(6,7)33-14-19(23(30)31)27(4)22(29)18-15-34-21(26-18)17-10-8-16(9-11-17)20(28)25-12-13-32-5/h8-11,15,19H,12-14H2,1-7H3,(H,25,28)(H,30,31). The van der Waals surface area contributed by atoms with Crippen LogP contribution in [0.5, 0.6) is 0 Å². The number of benzene rings is 1. The van der Waals surface area contributed by atoms with Gasteiger partial charge in [-0.05, 0) is 30.3 Å². The highest BCUT2D eigenvalue weighted by atomic mass is 32.1. The van der Waals surface area contributed by atoms with Crippen molar-refractivity contribution in [2.45, 2.75) is 44.9 Å². The van der Waals surface area contributed by atoms with Gasteiger partial charge in [-0.15, -0.1) is 11.3 Å². The van der Waals surface area contributed by atoms with E-state index in [-0.39, 0.29) is 23.2 Å². The Labute approximate surface area is 211 Å². The fourth-order valence-corrected chi connectivity index (χ4v) is 4.62. The zero-order valence-corrected chi connectivity index (χ0v) is 23.2. The average molecular weight is 522 g/mol. The molecule has 1 unspecified atom stereocenters. The summed E-state index contributed by atoms with van der Waals surface area (Å²) in [5.41, 5.74) is 1.41. The molecule has 1 aromatic heterocycles. The lowest BCUT2D eigenvalue weighted by molar-refractivity contribution is -0.143.